The number of hydrogen-bond donors (Lipinski definition) is 1. The fourth-order valence-corrected chi connectivity index (χ4v) is 4.18. The molecule has 0 aliphatic rings. The number of hydrogen-bond acceptors (Lipinski definition) is 4. The second-order valence-electron chi connectivity index (χ2n) is 5.97. The fraction of sp³-hybridized carbons (Fsp3) is 0.158. The summed E-state index contributed by atoms with van der Waals surface area (Å²) < 4.78 is 13.8. The van der Waals surface area contributed by atoms with Gasteiger partial charge < -0.3 is 9.15 Å². The maximum Gasteiger partial charge on any atom is 0.307 e. The van der Waals surface area contributed by atoms with Gasteiger partial charge in [0.15, 0.2) is 5.76 Å². The number of ether oxygens (including phenoxy) is 1. The predicted molar refractivity (Wildman–Crippen MR) is 117 cm³/mol. The van der Waals surface area contributed by atoms with E-state index >= 15 is 0 Å². The van der Waals surface area contributed by atoms with Crippen molar-refractivity contribution in [2.45, 2.75) is 20.0 Å². The van der Waals surface area contributed by atoms with Crippen LogP contribution in [0.2, 0.25) is 0 Å². The van der Waals surface area contributed by atoms with Crippen molar-refractivity contribution in [3.8, 4) is 5.75 Å². The van der Waals surface area contributed by atoms with Crippen molar-refractivity contribution >= 4 is 70.9 Å². The molecule has 140 valence electrons. The van der Waals surface area contributed by atoms with Gasteiger partial charge in [0, 0.05) is 9.86 Å². The van der Waals surface area contributed by atoms with Crippen LogP contribution in [-0.4, -0.2) is 18.2 Å². The summed E-state index contributed by atoms with van der Waals surface area (Å²) in [5, 5.41) is 4.81. The van der Waals surface area contributed by atoms with Crippen molar-refractivity contribution < 1.29 is 13.9 Å². The van der Waals surface area contributed by atoms with E-state index in [0.717, 1.165) is 30.1 Å². The van der Waals surface area contributed by atoms with Crippen molar-refractivity contribution in [2.24, 2.45) is 5.10 Å². The normalized spacial score (nSPS) is 11.5. The van der Waals surface area contributed by atoms with E-state index < -0.39 is 5.91 Å². The second-order valence-corrected chi connectivity index (χ2v) is 8.60. The highest BCUT2D eigenvalue weighted by Gasteiger charge is 2.14. The Morgan fingerprint density at radius 1 is 1.15 bits per heavy atom. The van der Waals surface area contributed by atoms with Crippen molar-refractivity contribution in [1.82, 2.24) is 5.43 Å². The minimum atomic E-state index is -0.427. The first-order valence-corrected chi connectivity index (χ1v) is 10.4. The molecule has 1 N–H and O–H groups in total. The predicted octanol–water partition coefficient (Wildman–Crippen LogP) is 6.27. The Kier molecular flexibility index (Phi) is 6.39. The van der Waals surface area contributed by atoms with Gasteiger partial charge in [0.1, 0.15) is 11.3 Å². The number of furan rings is 1. The average molecular weight is 559 g/mol. The van der Waals surface area contributed by atoms with E-state index in [1.807, 2.05) is 44.2 Å². The molecule has 3 rings (SSSR count). The van der Waals surface area contributed by atoms with Gasteiger partial charge in [0.05, 0.1) is 21.3 Å². The number of benzene rings is 2. The number of carbonyl (C=O) groups excluding carboxylic acids is 1. The number of amides is 1. The van der Waals surface area contributed by atoms with Crippen molar-refractivity contribution in [3.63, 3.8) is 0 Å². The number of hydrazone groups is 1. The standard InChI is InChI=1S/C19H15Br3N2O3/c1-10(2)26-16-4-3-11(5-14(16)21)9-23-24-19(25)17-7-12-6-13(20)8-15(22)18(12)27-17/h3-10H,1-2H3,(H,24,25)/b23-9-. The number of nitrogens with zero attached hydrogens (tertiary/aromatic N) is 1. The first kappa shape index (κ1) is 20.1. The smallest absolute Gasteiger partial charge is 0.307 e. The number of carbonyl (C=O) groups is 1. The van der Waals surface area contributed by atoms with E-state index in [4.69, 9.17) is 9.15 Å². The molecule has 5 nitrogen and oxygen atoms in total. The summed E-state index contributed by atoms with van der Waals surface area (Å²) in [4.78, 5) is 12.3. The number of rotatable bonds is 5. The van der Waals surface area contributed by atoms with E-state index in [-0.39, 0.29) is 11.9 Å². The zero-order chi connectivity index (χ0) is 19.6. The van der Waals surface area contributed by atoms with Gasteiger partial charge in [-0.1, -0.05) is 15.9 Å². The van der Waals surface area contributed by atoms with Gasteiger partial charge in [-0.25, -0.2) is 5.43 Å². The average Bonchev–Trinajstić information content (AvgIpc) is 3.01. The molecule has 0 bridgehead atoms. The summed E-state index contributed by atoms with van der Waals surface area (Å²) in [7, 11) is 0. The molecule has 0 radical (unpaired) electrons. The van der Waals surface area contributed by atoms with Crippen molar-refractivity contribution in [2.75, 3.05) is 0 Å². The lowest BCUT2D eigenvalue weighted by Crippen LogP contribution is -2.16. The highest BCUT2D eigenvalue weighted by atomic mass is 79.9. The summed E-state index contributed by atoms with van der Waals surface area (Å²) in [5.74, 6) is 0.511. The van der Waals surface area contributed by atoms with Crippen LogP contribution in [0.15, 0.2) is 59.3 Å². The molecule has 0 spiro atoms. The van der Waals surface area contributed by atoms with Crippen molar-refractivity contribution in [1.29, 1.82) is 0 Å². The molecule has 27 heavy (non-hydrogen) atoms. The van der Waals surface area contributed by atoms with Crippen LogP contribution in [0.4, 0.5) is 0 Å². The second kappa shape index (κ2) is 8.58. The lowest BCUT2D eigenvalue weighted by atomic mass is 10.2. The molecule has 0 aliphatic carbocycles. The molecular weight excluding hydrogens is 544 g/mol. The molecule has 0 fully saturated rings. The third-order valence-corrected chi connectivity index (χ3v) is 5.12. The molecule has 1 heterocycles. The Labute approximate surface area is 181 Å². The number of nitrogens with one attached hydrogen (secondary N) is 1. The number of fused-ring (bicyclic) bond motifs is 1. The Morgan fingerprint density at radius 2 is 1.93 bits per heavy atom. The van der Waals surface area contributed by atoms with Gasteiger partial charge in [-0.3, -0.25) is 4.79 Å². The first-order valence-electron chi connectivity index (χ1n) is 8.01. The third kappa shape index (κ3) is 5.00. The zero-order valence-electron chi connectivity index (χ0n) is 14.4. The first-order chi connectivity index (χ1) is 12.8. The molecule has 3 aromatic rings. The summed E-state index contributed by atoms with van der Waals surface area (Å²) in [6.45, 7) is 3.93. The fourth-order valence-electron chi connectivity index (χ4n) is 2.36. The van der Waals surface area contributed by atoms with Gasteiger partial charge in [-0.05, 0) is 87.7 Å². The van der Waals surface area contributed by atoms with Gasteiger partial charge in [-0.15, -0.1) is 0 Å². The largest absolute Gasteiger partial charge is 0.490 e. The number of halogens is 3. The SMILES string of the molecule is CC(C)Oc1ccc(/C=N\NC(=O)c2cc3cc(Br)cc(Br)c3o2)cc1Br. The van der Waals surface area contributed by atoms with Crippen LogP contribution in [0.3, 0.4) is 0 Å². The van der Waals surface area contributed by atoms with Crippen molar-refractivity contribution in [3.05, 3.63) is 61.1 Å². The Balaban J connectivity index is 1.70. The molecule has 0 saturated carbocycles. The quantitative estimate of drug-likeness (QED) is 0.296. The Bertz CT molecular complexity index is 1030. The van der Waals surface area contributed by atoms with E-state index in [0.29, 0.717) is 5.58 Å². The van der Waals surface area contributed by atoms with Gasteiger partial charge in [0.2, 0.25) is 0 Å². The van der Waals surface area contributed by atoms with Crippen LogP contribution in [-0.2, 0) is 0 Å². The zero-order valence-corrected chi connectivity index (χ0v) is 19.2. The third-order valence-electron chi connectivity index (χ3n) is 3.46. The highest BCUT2D eigenvalue weighted by molar-refractivity contribution is 9.11. The van der Waals surface area contributed by atoms with Crippen LogP contribution < -0.4 is 10.2 Å². The Hall–Kier alpha value is -1.64. The molecule has 0 atom stereocenters. The maximum absolute atomic E-state index is 12.3. The highest BCUT2D eigenvalue weighted by Crippen LogP contribution is 2.31. The van der Waals surface area contributed by atoms with Gasteiger partial charge >= 0.3 is 5.91 Å². The van der Waals surface area contributed by atoms with Gasteiger partial charge in [0.25, 0.3) is 0 Å². The molecule has 1 aromatic heterocycles. The monoisotopic (exact) mass is 556 g/mol. The summed E-state index contributed by atoms with van der Waals surface area (Å²) in [6, 6.07) is 11.0. The summed E-state index contributed by atoms with van der Waals surface area (Å²) in [6.07, 6.45) is 1.64. The van der Waals surface area contributed by atoms with E-state index in [2.05, 4.69) is 58.3 Å². The van der Waals surface area contributed by atoms with Crippen LogP contribution >= 0.6 is 47.8 Å². The summed E-state index contributed by atoms with van der Waals surface area (Å²) >= 11 is 10.3. The van der Waals surface area contributed by atoms with Crippen LogP contribution in [0.5, 0.6) is 5.75 Å². The van der Waals surface area contributed by atoms with Crippen LogP contribution in [0.25, 0.3) is 11.0 Å². The molecule has 0 aliphatic heterocycles. The topological polar surface area (TPSA) is 63.8 Å². The Morgan fingerprint density at radius 3 is 2.63 bits per heavy atom. The van der Waals surface area contributed by atoms with E-state index in [9.17, 15) is 4.79 Å². The maximum atomic E-state index is 12.3. The molecule has 0 saturated heterocycles. The van der Waals surface area contributed by atoms with Gasteiger partial charge in [-0.2, -0.15) is 5.10 Å². The molecule has 1 amide bonds. The molecule has 2 aromatic carbocycles. The minimum Gasteiger partial charge on any atom is -0.490 e. The van der Waals surface area contributed by atoms with E-state index in [1.165, 1.54) is 0 Å². The lowest BCUT2D eigenvalue weighted by Gasteiger charge is -2.11. The van der Waals surface area contributed by atoms with Crippen LogP contribution in [0.1, 0.15) is 30.0 Å². The minimum absolute atomic E-state index is 0.0876. The molecule has 8 heteroatoms. The lowest BCUT2D eigenvalue weighted by molar-refractivity contribution is 0.0929. The molecular formula is C19H15Br3N2O3. The molecule has 0 unspecified atom stereocenters. The van der Waals surface area contributed by atoms with E-state index in [1.54, 1.807) is 12.3 Å². The van der Waals surface area contributed by atoms with Crippen LogP contribution in [0, 0.1) is 0 Å². The summed E-state index contributed by atoms with van der Waals surface area (Å²) in [5.41, 5.74) is 3.89.